The van der Waals surface area contributed by atoms with Gasteiger partial charge in [0.05, 0.1) is 0 Å². The molecule has 0 aliphatic heterocycles. The number of carbonyl (C=O) groups is 1. The Morgan fingerprint density at radius 2 is 2.10 bits per heavy atom. The van der Waals surface area contributed by atoms with Crippen molar-refractivity contribution in [3.8, 4) is 0 Å². The van der Waals surface area contributed by atoms with Crippen LogP contribution in [-0.4, -0.2) is 12.0 Å². The van der Waals surface area contributed by atoms with Gasteiger partial charge in [-0.2, -0.15) is 5.48 Å². The Morgan fingerprint density at radius 1 is 1.50 bits per heavy atom. The molecule has 0 spiro atoms. The summed E-state index contributed by atoms with van der Waals surface area (Å²) < 4.78 is 0. The van der Waals surface area contributed by atoms with E-state index in [1.54, 1.807) is 0 Å². The molecule has 0 saturated heterocycles. The van der Waals surface area contributed by atoms with E-state index in [0.717, 1.165) is 12.8 Å². The Morgan fingerprint density at radius 3 is 2.60 bits per heavy atom. The Labute approximate surface area is 60.7 Å². The van der Waals surface area contributed by atoms with E-state index in [1.165, 1.54) is 19.8 Å². The third kappa shape index (κ3) is 2.35. The van der Waals surface area contributed by atoms with Gasteiger partial charge in [0.15, 0.2) is 0 Å². The number of hydrogen-bond donors (Lipinski definition) is 1. The van der Waals surface area contributed by atoms with Gasteiger partial charge >= 0.3 is 5.97 Å². The van der Waals surface area contributed by atoms with E-state index in [1.807, 2.05) is 0 Å². The zero-order valence-electron chi connectivity index (χ0n) is 6.22. The van der Waals surface area contributed by atoms with Crippen molar-refractivity contribution in [2.24, 2.45) is 0 Å². The molecule has 0 amide bonds. The van der Waals surface area contributed by atoms with Gasteiger partial charge in [0.2, 0.25) is 0 Å². The second-order valence-electron chi connectivity index (χ2n) is 2.69. The number of hydroxylamine groups is 1. The average Bonchev–Trinajstić information content (AvgIpc) is 2.34. The van der Waals surface area contributed by atoms with Crippen LogP contribution in [0.5, 0.6) is 0 Å². The molecule has 0 aromatic rings. The van der Waals surface area contributed by atoms with Gasteiger partial charge < -0.3 is 4.84 Å². The average molecular weight is 143 g/mol. The van der Waals surface area contributed by atoms with Crippen molar-refractivity contribution in [1.29, 1.82) is 0 Å². The van der Waals surface area contributed by atoms with Crippen LogP contribution in [0.4, 0.5) is 0 Å². The van der Waals surface area contributed by atoms with Gasteiger partial charge in [-0.15, -0.1) is 0 Å². The fourth-order valence-electron chi connectivity index (χ4n) is 1.21. The molecule has 3 heteroatoms. The van der Waals surface area contributed by atoms with Crippen molar-refractivity contribution in [2.45, 2.75) is 38.6 Å². The number of hydrogen-bond acceptors (Lipinski definition) is 3. The second-order valence-corrected chi connectivity index (χ2v) is 2.69. The lowest BCUT2D eigenvalue weighted by Crippen LogP contribution is -2.27. The Hall–Kier alpha value is -0.570. The first-order chi connectivity index (χ1) is 4.79. The minimum atomic E-state index is -0.258. The molecule has 1 saturated carbocycles. The van der Waals surface area contributed by atoms with Crippen LogP contribution in [0.15, 0.2) is 0 Å². The summed E-state index contributed by atoms with van der Waals surface area (Å²) >= 11 is 0. The standard InChI is InChI=1S/C7H13NO2/c1-6(9)10-8-7-4-2-3-5-7/h7-8H,2-5H2,1H3. The first-order valence-corrected chi connectivity index (χ1v) is 3.72. The van der Waals surface area contributed by atoms with Gasteiger partial charge in [-0.25, -0.2) is 0 Å². The summed E-state index contributed by atoms with van der Waals surface area (Å²) in [7, 11) is 0. The number of nitrogens with one attached hydrogen (secondary N) is 1. The third-order valence-electron chi connectivity index (χ3n) is 1.72. The number of carbonyl (C=O) groups excluding carboxylic acids is 1. The highest BCUT2D eigenvalue weighted by atomic mass is 16.7. The van der Waals surface area contributed by atoms with Crippen molar-refractivity contribution in [1.82, 2.24) is 5.48 Å². The van der Waals surface area contributed by atoms with E-state index in [0.29, 0.717) is 6.04 Å². The SMILES string of the molecule is CC(=O)ONC1CCCC1. The fourth-order valence-corrected chi connectivity index (χ4v) is 1.21. The van der Waals surface area contributed by atoms with Crippen LogP contribution in [-0.2, 0) is 9.63 Å². The lowest BCUT2D eigenvalue weighted by Gasteiger charge is -2.08. The molecule has 0 unspecified atom stereocenters. The van der Waals surface area contributed by atoms with Crippen LogP contribution < -0.4 is 5.48 Å². The topological polar surface area (TPSA) is 38.3 Å². The zero-order chi connectivity index (χ0) is 7.40. The molecule has 1 fully saturated rings. The molecule has 0 aromatic carbocycles. The van der Waals surface area contributed by atoms with Gasteiger partial charge in [0.1, 0.15) is 0 Å². The van der Waals surface area contributed by atoms with Crippen molar-refractivity contribution >= 4 is 5.97 Å². The van der Waals surface area contributed by atoms with Crippen molar-refractivity contribution in [3.05, 3.63) is 0 Å². The van der Waals surface area contributed by atoms with Gasteiger partial charge in [-0.3, -0.25) is 4.79 Å². The molecule has 58 valence electrons. The molecule has 0 heterocycles. The van der Waals surface area contributed by atoms with E-state index >= 15 is 0 Å². The van der Waals surface area contributed by atoms with E-state index in [-0.39, 0.29) is 5.97 Å². The van der Waals surface area contributed by atoms with Crippen molar-refractivity contribution < 1.29 is 9.63 Å². The Bertz CT molecular complexity index is 119. The lowest BCUT2D eigenvalue weighted by molar-refractivity contribution is -0.150. The second kappa shape index (κ2) is 3.56. The van der Waals surface area contributed by atoms with E-state index in [4.69, 9.17) is 0 Å². The lowest BCUT2D eigenvalue weighted by atomic mass is 10.3. The van der Waals surface area contributed by atoms with Crippen molar-refractivity contribution in [3.63, 3.8) is 0 Å². The molecule has 1 aliphatic carbocycles. The van der Waals surface area contributed by atoms with Crippen LogP contribution in [0.2, 0.25) is 0 Å². The van der Waals surface area contributed by atoms with E-state index in [2.05, 4.69) is 10.3 Å². The monoisotopic (exact) mass is 143 g/mol. The van der Waals surface area contributed by atoms with Gasteiger partial charge in [0, 0.05) is 13.0 Å². The summed E-state index contributed by atoms with van der Waals surface area (Å²) in [5.41, 5.74) is 2.73. The normalized spacial score (nSPS) is 19.3. The predicted octanol–water partition coefficient (Wildman–Crippen LogP) is 0.997. The summed E-state index contributed by atoms with van der Waals surface area (Å²) in [6.07, 6.45) is 4.76. The minimum absolute atomic E-state index is 0.258. The van der Waals surface area contributed by atoms with E-state index in [9.17, 15) is 4.79 Å². The zero-order valence-corrected chi connectivity index (χ0v) is 6.22. The highest BCUT2D eigenvalue weighted by Gasteiger charge is 2.14. The molecule has 1 aliphatic rings. The summed E-state index contributed by atoms with van der Waals surface area (Å²) in [6, 6.07) is 0.406. The first-order valence-electron chi connectivity index (χ1n) is 3.72. The largest absolute Gasteiger partial charge is 0.371 e. The fraction of sp³-hybridized carbons (Fsp3) is 0.857. The highest BCUT2D eigenvalue weighted by Crippen LogP contribution is 2.17. The highest BCUT2D eigenvalue weighted by molar-refractivity contribution is 5.65. The maximum absolute atomic E-state index is 10.3. The van der Waals surface area contributed by atoms with Crippen LogP contribution in [0.3, 0.4) is 0 Å². The van der Waals surface area contributed by atoms with Gasteiger partial charge in [0.25, 0.3) is 0 Å². The van der Waals surface area contributed by atoms with Crippen molar-refractivity contribution in [2.75, 3.05) is 0 Å². The molecule has 3 nitrogen and oxygen atoms in total. The first kappa shape index (κ1) is 7.54. The molecule has 10 heavy (non-hydrogen) atoms. The Balaban J connectivity index is 2.07. The maximum Gasteiger partial charge on any atom is 0.321 e. The third-order valence-corrected chi connectivity index (χ3v) is 1.72. The summed E-state index contributed by atoms with van der Waals surface area (Å²) in [6.45, 7) is 1.40. The van der Waals surface area contributed by atoms with Crippen LogP contribution in [0.25, 0.3) is 0 Å². The quantitative estimate of drug-likeness (QED) is 0.586. The number of rotatable bonds is 2. The maximum atomic E-state index is 10.3. The summed E-state index contributed by atoms with van der Waals surface area (Å²) in [5.74, 6) is -0.258. The van der Waals surface area contributed by atoms with E-state index < -0.39 is 0 Å². The molecular weight excluding hydrogens is 130 g/mol. The smallest absolute Gasteiger partial charge is 0.321 e. The molecule has 1 rings (SSSR count). The van der Waals surface area contributed by atoms with Crippen LogP contribution >= 0.6 is 0 Å². The summed E-state index contributed by atoms with van der Waals surface area (Å²) in [4.78, 5) is 15.0. The molecule has 1 N–H and O–H groups in total. The van der Waals surface area contributed by atoms with Crippen LogP contribution in [0, 0.1) is 0 Å². The Kier molecular flexibility index (Phi) is 2.68. The molecular formula is C7H13NO2. The molecule has 0 aromatic heterocycles. The molecule has 0 bridgehead atoms. The minimum Gasteiger partial charge on any atom is -0.371 e. The molecule has 0 atom stereocenters. The van der Waals surface area contributed by atoms with Gasteiger partial charge in [-0.05, 0) is 12.8 Å². The van der Waals surface area contributed by atoms with Gasteiger partial charge in [-0.1, -0.05) is 12.8 Å². The molecule has 0 radical (unpaired) electrons. The predicted molar refractivity (Wildman–Crippen MR) is 37.2 cm³/mol. The summed E-state index contributed by atoms with van der Waals surface area (Å²) in [5, 5.41) is 0. The van der Waals surface area contributed by atoms with Crippen LogP contribution in [0.1, 0.15) is 32.6 Å².